The van der Waals surface area contributed by atoms with Crippen LogP contribution in [0, 0.1) is 5.92 Å². The maximum atomic E-state index is 12.8. The fourth-order valence-electron chi connectivity index (χ4n) is 3.45. The highest BCUT2D eigenvalue weighted by Crippen LogP contribution is 2.30. The van der Waals surface area contributed by atoms with Crippen molar-refractivity contribution in [1.29, 1.82) is 0 Å². The minimum absolute atomic E-state index is 0.0642. The molecule has 0 radical (unpaired) electrons. The number of rotatable bonds is 2. The van der Waals surface area contributed by atoms with Gasteiger partial charge in [-0.25, -0.2) is 9.59 Å². The number of phenolic OH excluding ortho intramolecular Hbond substituents is 2. The molecule has 2 aromatic rings. The van der Waals surface area contributed by atoms with Crippen molar-refractivity contribution in [2.24, 2.45) is 5.92 Å². The maximum absolute atomic E-state index is 12.8. The van der Waals surface area contributed by atoms with Gasteiger partial charge in [0.1, 0.15) is 35.4 Å². The minimum Gasteiger partial charge on any atom is -0.508 e. The zero-order chi connectivity index (χ0) is 24.8. The second kappa shape index (κ2) is 11.0. The van der Waals surface area contributed by atoms with E-state index in [0.717, 1.165) is 6.07 Å². The first-order chi connectivity index (χ1) is 16.2. The Labute approximate surface area is 197 Å². The van der Waals surface area contributed by atoms with Crippen LogP contribution in [0.4, 0.5) is 0 Å². The van der Waals surface area contributed by atoms with Gasteiger partial charge in [-0.1, -0.05) is 43.4 Å². The molecule has 0 amide bonds. The Morgan fingerprint density at radius 2 is 1.76 bits per heavy atom. The average Bonchev–Trinajstić information content (AvgIpc) is 2.80. The monoisotopic (exact) mass is 468 g/mol. The molecule has 1 aliphatic heterocycles. The Morgan fingerprint density at radius 3 is 2.47 bits per heavy atom. The molecule has 1 heterocycles. The molecular weight excluding hydrogens is 440 g/mol. The highest BCUT2D eigenvalue weighted by atomic mass is 16.6. The van der Waals surface area contributed by atoms with Crippen molar-refractivity contribution in [1.82, 2.24) is 0 Å². The smallest absolute Gasteiger partial charge is 0.342 e. The Kier molecular flexibility index (Phi) is 8.09. The van der Waals surface area contributed by atoms with E-state index < -0.39 is 42.1 Å². The highest BCUT2D eigenvalue weighted by Gasteiger charge is 2.29. The molecule has 34 heavy (non-hydrogen) atoms. The number of aromatic hydroxyl groups is 2. The molecule has 0 aliphatic carbocycles. The second-order valence-electron chi connectivity index (χ2n) is 8.22. The lowest BCUT2D eigenvalue weighted by molar-refractivity contribution is -0.0521. The van der Waals surface area contributed by atoms with E-state index in [1.807, 2.05) is 0 Å². The van der Waals surface area contributed by atoms with Gasteiger partial charge in [0.15, 0.2) is 0 Å². The van der Waals surface area contributed by atoms with Crippen LogP contribution in [-0.4, -0.2) is 56.8 Å². The number of benzene rings is 2. The lowest BCUT2D eigenvalue weighted by Gasteiger charge is -2.25. The molecular formula is C26H28O8. The molecule has 5 atom stereocenters. The van der Waals surface area contributed by atoms with Crippen LogP contribution >= 0.6 is 0 Å². The zero-order valence-electron chi connectivity index (χ0n) is 18.9. The summed E-state index contributed by atoms with van der Waals surface area (Å²) in [6.45, 7) is 3.42. The summed E-state index contributed by atoms with van der Waals surface area (Å²) in [6.07, 6.45) is 1.34. The van der Waals surface area contributed by atoms with Crippen LogP contribution in [0.3, 0.4) is 0 Å². The number of ether oxygens (including phenoxy) is 2. The lowest BCUT2D eigenvalue weighted by atomic mass is 9.98. The number of carbonyl (C=O) groups is 2. The van der Waals surface area contributed by atoms with Crippen molar-refractivity contribution in [3.63, 3.8) is 0 Å². The molecule has 0 bridgehead atoms. The van der Waals surface area contributed by atoms with Gasteiger partial charge in [-0.3, -0.25) is 0 Å². The molecule has 1 aliphatic rings. The predicted molar refractivity (Wildman–Crippen MR) is 124 cm³/mol. The first-order valence-corrected chi connectivity index (χ1v) is 10.9. The number of hydrogen-bond donors (Lipinski definition) is 4. The summed E-state index contributed by atoms with van der Waals surface area (Å²) < 4.78 is 11.0. The molecule has 8 nitrogen and oxygen atoms in total. The number of phenols is 2. The third kappa shape index (κ3) is 6.03. The first kappa shape index (κ1) is 25.0. The SMILES string of the molecule is C[C@@H]1C=CC(OC(=O)c2ccccc2)C(O)C(O)CC=Cc2cc(O)cc(O)c2C(=O)O[C@H]1C. The molecule has 4 N–H and O–H groups in total. The van der Waals surface area contributed by atoms with Crippen molar-refractivity contribution in [3.05, 3.63) is 77.4 Å². The number of cyclic esters (lactones) is 1. The molecule has 3 rings (SSSR count). The van der Waals surface area contributed by atoms with Crippen LogP contribution in [0.1, 0.15) is 46.5 Å². The summed E-state index contributed by atoms with van der Waals surface area (Å²) in [6, 6.07) is 10.6. The van der Waals surface area contributed by atoms with Gasteiger partial charge in [0.25, 0.3) is 0 Å². The van der Waals surface area contributed by atoms with Gasteiger partial charge in [0.05, 0.1) is 11.7 Å². The van der Waals surface area contributed by atoms with Crippen molar-refractivity contribution in [2.45, 2.75) is 44.7 Å². The summed E-state index contributed by atoms with van der Waals surface area (Å²) in [5, 5.41) is 41.4. The van der Waals surface area contributed by atoms with Gasteiger partial charge in [-0.2, -0.15) is 0 Å². The number of aliphatic hydroxyl groups excluding tert-OH is 2. The van der Waals surface area contributed by atoms with Gasteiger partial charge in [-0.05, 0) is 43.2 Å². The first-order valence-electron chi connectivity index (χ1n) is 10.9. The van der Waals surface area contributed by atoms with Gasteiger partial charge in [0.2, 0.25) is 0 Å². The van der Waals surface area contributed by atoms with E-state index in [-0.39, 0.29) is 29.2 Å². The predicted octanol–water partition coefficient (Wildman–Crippen LogP) is 3.20. The van der Waals surface area contributed by atoms with Gasteiger partial charge < -0.3 is 29.9 Å². The number of fused-ring (bicyclic) bond motifs is 1. The summed E-state index contributed by atoms with van der Waals surface area (Å²) in [4.78, 5) is 25.3. The largest absolute Gasteiger partial charge is 0.508 e. The van der Waals surface area contributed by atoms with E-state index in [9.17, 15) is 30.0 Å². The normalized spacial score (nSPS) is 25.6. The van der Waals surface area contributed by atoms with Crippen LogP contribution in [0.15, 0.2) is 60.7 Å². The second-order valence-corrected chi connectivity index (χ2v) is 8.22. The van der Waals surface area contributed by atoms with E-state index in [2.05, 4.69) is 0 Å². The summed E-state index contributed by atoms with van der Waals surface area (Å²) >= 11 is 0. The Morgan fingerprint density at radius 1 is 1.06 bits per heavy atom. The van der Waals surface area contributed by atoms with Crippen molar-refractivity contribution >= 4 is 18.0 Å². The summed E-state index contributed by atoms with van der Waals surface area (Å²) in [5.74, 6) is -2.51. The van der Waals surface area contributed by atoms with E-state index in [1.54, 1.807) is 50.3 Å². The highest BCUT2D eigenvalue weighted by molar-refractivity contribution is 5.97. The fourth-order valence-corrected chi connectivity index (χ4v) is 3.45. The molecule has 8 heteroatoms. The quantitative estimate of drug-likeness (QED) is 0.390. The molecule has 3 unspecified atom stereocenters. The number of esters is 2. The van der Waals surface area contributed by atoms with Gasteiger partial charge in [-0.15, -0.1) is 0 Å². The maximum Gasteiger partial charge on any atom is 0.342 e. The summed E-state index contributed by atoms with van der Waals surface area (Å²) in [7, 11) is 0. The van der Waals surface area contributed by atoms with Crippen LogP contribution in [0.5, 0.6) is 11.5 Å². The van der Waals surface area contributed by atoms with E-state index in [4.69, 9.17) is 9.47 Å². The van der Waals surface area contributed by atoms with Crippen molar-refractivity contribution < 1.29 is 39.5 Å². The van der Waals surface area contributed by atoms with Crippen LogP contribution in [-0.2, 0) is 9.47 Å². The zero-order valence-corrected chi connectivity index (χ0v) is 18.9. The fraction of sp³-hybridized carbons (Fsp3) is 0.308. The Hall–Kier alpha value is -3.62. The number of hydrogen-bond acceptors (Lipinski definition) is 8. The van der Waals surface area contributed by atoms with Crippen LogP contribution < -0.4 is 0 Å². The summed E-state index contributed by atoms with van der Waals surface area (Å²) in [5.41, 5.74) is 0.353. The minimum atomic E-state index is -1.45. The third-order valence-electron chi connectivity index (χ3n) is 5.63. The standard InChI is InChI=1S/C26H28O8/c1-15-11-12-22(34-25(31)17-7-4-3-5-8-17)24(30)20(28)10-6-9-18-13-19(27)14-21(29)23(18)26(32)33-16(15)2/h3-9,11-16,20,22,24,27-30H,10H2,1-2H3/t15-,16+,20?,22?,24?/m1/s1. The number of carbonyl (C=O) groups excluding carboxylic acids is 2. The third-order valence-corrected chi connectivity index (χ3v) is 5.63. The van der Waals surface area contributed by atoms with E-state index in [1.165, 1.54) is 24.3 Å². The van der Waals surface area contributed by atoms with Crippen molar-refractivity contribution in [3.8, 4) is 11.5 Å². The Bertz CT molecular complexity index is 1080. The van der Waals surface area contributed by atoms with Gasteiger partial charge in [0, 0.05) is 12.0 Å². The van der Waals surface area contributed by atoms with E-state index >= 15 is 0 Å². The number of aliphatic hydroxyl groups is 2. The lowest BCUT2D eigenvalue weighted by Crippen LogP contribution is -2.39. The molecule has 0 saturated carbocycles. The van der Waals surface area contributed by atoms with Crippen molar-refractivity contribution in [2.75, 3.05) is 0 Å². The van der Waals surface area contributed by atoms with Gasteiger partial charge >= 0.3 is 11.9 Å². The molecule has 0 saturated heterocycles. The molecule has 0 fully saturated rings. The van der Waals surface area contributed by atoms with Crippen LogP contribution in [0.25, 0.3) is 6.08 Å². The Balaban J connectivity index is 1.93. The topological polar surface area (TPSA) is 134 Å². The van der Waals surface area contributed by atoms with E-state index in [0.29, 0.717) is 5.56 Å². The van der Waals surface area contributed by atoms with Crippen LogP contribution in [0.2, 0.25) is 0 Å². The molecule has 0 aromatic heterocycles. The molecule has 180 valence electrons. The average molecular weight is 469 g/mol. The molecule has 2 aromatic carbocycles. The molecule has 0 spiro atoms.